The lowest BCUT2D eigenvalue weighted by Gasteiger charge is -2.17. The zero-order chi connectivity index (χ0) is 22.4. The number of aromatic carboxylic acids is 1. The average molecular weight is 484 g/mol. The van der Waals surface area contributed by atoms with E-state index in [1.807, 2.05) is 37.3 Å². The predicted octanol–water partition coefficient (Wildman–Crippen LogP) is 6.35. The van der Waals surface area contributed by atoms with Gasteiger partial charge in [-0.3, -0.25) is 0 Å². The van der Waals surface area contributed by atoms with Crippen LogP contribution in [0.3, 0.4) is 0 Å². The third-order valence-corrected chi connectivity index (χ3v) is 5.47. The number of ether oxygens (including phenoxy) is 2. The van der Waals surface area contributed by atoms with Crippen molar-refractivity contribution in [3.05, 3.63) is 86.9 Å². The molecule has 0 aromatic heterocycles. The molecule has 0 aliphatic rings. The summed E-state index contributed by atoms with van der Waals surface area (Å²) in [6, 6.07) is 17.4. The third kappa shape index (κ3) is 5.79. The van der Waals surface area contributed by atoms with E-state index in [4.69, 9.17) is 9.47 Å². The van der Waals surface area contributed by atoms with Crippen LogP contribution in [-0.4, -0.2) is 17.7 Å². The van der Waals surface area contributed by atoms with E-state index in [1.165, 1.54) is 5.56 Å². The molecule has 31 heavy (non-hydrogen) atoms. The largest absolute Gasteiger partial charge is 0.490 e. The van der Waals surface area contributed by atoms with E-state index in [-0.39, 0.29) is 0 Å². The first-order valence-corrected chi connectivity index (χ1v) is 10.9. The lowest BCUT2D eigenvalue weighted by atomic mass is 10.1. The minimum absolute atomic E-state index is 0.293. The first-order valence-electron chi connectivity index (χ1n) is 10.1. The van der Waals surface area contributed by atoms with Crippen LogP contribution in [0.2, 0.25) is 0 Å². The van der Waals surface area contributed by atoms with Gasteiger partial charge in [-0.15, -0.1) is 0 Å². The summed E-state index contributed by atoms with van der Waals surface area (Å²) in [7, 11) is 0. The molecule has 3 aromatic carbocycles. The van der Waals surface area contributed by atoms with Gasteiger partial charge in [0.05, 0.1) is 16.6 Å². The van der Waals surface area contributed by atoms with Crippen LogP contribution >= 0.6 is 15.9 Å². The number of nitrogens with one attached hydrogen (secondary N) is 1. The number of aryl methyl sites for hydroxylation is 1. The Kier molecular flexibility index (Phi) is 7.58. The third-order valence-electron chi connectivity index (χ3n) is 4.88. The summed E-state index contributed by atoms with van der Waals surface area (Å²) in [4.78, 5) is 11.4. The number of hydrogen-bond acceptors (Lipinski definition) is 4. The summed E-state index contributed by atoms with van der Waals surface area (Å²) >= 11 is 3.62. The van der Waals surface area contributed by atoms with Gasteiger partial charge >= 0.3 is 5.97 Å². The molecule has 0 heterocycles. The van der Waals surface area contributed by atoms with E-state index >= 15 is 0 Å². The van der Waals surface area contributed by atoms with E-state index < -0.39 is 5.97 Å². The molecule has 162 valence electrons. The van der Waals surface area contributed by atoms with Gasteiger partial charge in [0.15, 0.2) is 11.5 Å². The maximum Gasteiger partial charge on any atom is 0.336 e. The average Bonchev–Trinajstić information content (AvgIpc) is 2.72. The summed E-state index contributed by atoms with van der Waals surface area (Å²) in [5.41, 5.74) is 5.05. The second-order valence-electron chi connectivity index (χ2n) is 7.25. The molecule has 0 radical (unpaired) electrons. The second kappa shape index (κ2) is 10.4. The van der Waals surface area contributed by atoms with Gasteiger partial charge in [0.25, 0.3) is 0 Å². The van der Waals surface area contributed by atoms with Gasteiger partial charge in [0.2, 0.25) is 0 Å². The monoisotopic (exact) mass is 483 g/mol. The topological polar surface area (TPSA) is 67.8 Å². The van der Waals surface area contributed by atoms with Gasteiger partial charge in [-0.05, 0) is 77.7 Å². The van der Waals surface area contributed by atoms with E-state index in [9.17, 15) is 9.90 Å². The van der Waals surface area contributed by atoms with E-state index in [1.54, 1.807) is 19.1 Å². The Morgan fingerprint density at radius 1 is 1.03 bits per heavy atom. The van der Waals surface area contributed by atoms with Crippen LogP contribution < -0.4 is 14.8 Å². The summed E-state index contributed by atoms with van der Waals surface area (Å²) in [6.45, 7) is 7.27. The van der Waals surface area contributed by atoms with Gasteiger partial charge in [-0.1, -0.05) is 35.9 Å². The number of benzene rings is 3. The van der Waals surface area contributed by atoms with E-state index in [0.717, 1.165) is 21.3 Å². The van der Waals surface area contributed by atoms with Crippen molar-refractivity contribution in [2.45, 2.75) is 33.9 Å². The Labute approximate surface area is 191 Å². The van der Waals surface area contributed by atoms with Crippen molar-refractivity contribution in [2.24, 2.45) is 0 Å². The van der Waals surface area contributed by atoms with Crippen LogP contribution in [0.4, 0.5) is 5.69 Å². The highest BCUT2D eigenvalue weighted by Gasteiger charge is 2.14. The number of carboxylic acids is 1. The molecule has 0 unspecified atom stereocenters. The van der Waals surface area contributed by atoms with Crippen LogP contribution in [0.5, 0.6) is 11.5 Å². The summed E-state index contributed by atoms with van der Waals surface area (Å²) in [5, 5.41) is 12.6. The molecule has 3 aromatic rings. The van der Waals surface area contributed by atoms with Crippen LogP contribution in [0, 0.1) is 13.8 Å². The molecule has 0 aliphatic carbocycles. The van der Waals surface area contributed by atoms with Gasteiger partial charge in [0, 0.05) is 12.2 Å². The summed E-state index contributed by atoms with van der Waals surface area (Å²) < 4.78 is 12.7. The maximum atomic E-state index is 11.4. The Balaban J connectivity index is 1.78. The Hall–Kier alpha value is -2.99. The smallest absolute Gasteiger partial charge is 0.336 e. The Morgan fingerprint density at radius 3 is 2.52 bits per heavy atom. The molecular formula is C25H26BrNO4. The quantitative estimate of drug-likeness (QED) is 0.370. The van der Waals surface area contributed by atoms with Crippen molar-refractivity contribution in [2.75, 3.05) is 11.9 Å². The number of carboxylic acid groups (broad SMARTS) is 1. The van der Waals surface area contributed by atoms with Crippen molar-refractivity contribution >= 4 is 27.6 Å². The van der Waals surface area contributed by atoms with E-state index in [2.05, 4.69) is 40.3 Å². The van der Waals surface area contributed by atoms with E-state index in [0.29, 0.717) is 42.4 Å². The van der Waals surface area contributed by atoms with Crippen LogP contribution in [0.15, 0.2) is 59.1 Å². The molecule has 0 atom stereocenters. The minimum atomic E-state index is -0.933. The SMILES string of the molecule is CCOc1cc(CNc2cccc(C(=O)O)c2C)cc(Br)c1OCc1cccc(C)c1. The maximum absolute atomic E-state index is 11.4. The molecule has 0 saturated carbocycles. The number of rotatable bonds is 9. The fourth-order valence-electron chi connectivity index (χ4n) is 3.34. The Morgan fingerprint density at radius 2 is 1.81 bits per heavy atom. The second-order valence-corrected chi connectivity index (χ2v) is 8.11. The van der Waals surface area contributed by atoms with Crippen molar-refractivity contribution < 1.29 is 19.4 Å². The summed E-state index contributed by atoms with van der Waals surface area (Å²) in [5.74, 6) is 0.395. The number of carbonyl (C=O) groups is 1. The molecule has 6 heteroatoms. The Bertz CT molecular complexity index is 1080. The molecule has 0 spiro atoms. The molecule has 0 saturated heterocycles. The lowest BCUT2D eigenvalue weighted by Crippen LogP contribution is -2.07. The molecule has 0 fully saturated rings. The molecule has 2 N–H and O–H groups in total. The fourth-order valence-corrected chi connectivity index (χ4v) is 3.94. The van der Waals surface area contributed by atoms with Crippen LogP contribution in [-0.2, 0) is 13.2 Å². The van der Waals surface area contributed by atoms with Gasteiger partial charge in [-0.2, -0.15) is 0 Å². The summed E-state index contributed by atoms with van der Waals surface area (Å²) in [6.07, 6.45) is 0. The molecule has 0 amide bonds. The van der Waals surface area contributed by atoms with Crippen molar-refractivity contribution in [1.82, 2.24) is 0 Å². The highest BCUT2D eigenvalue weighted by Crippen LogP contribution is 2.38. The molecule has 0 aliphatic heterocycles. The molecule has 3 rings (SSSR count). The van der Waals surface area contributed by atoms with Crippen molar-refractivity contribution in [1.29, 1.82) is 0 Å². The molecular weight excluding hydrogens is 458 g/mol. The number of hydrogen-bond donors (Lipinski definition) is 2. The molecule has 5 nitrogen and oxygen atoms in total. The molecule has 0 bridgehead atoms. The number of halogens is 1. The zero-order valence-electron chi connectivity index (χ0n) is 17.9. The van der Waals surface area contributed by atoms with Gasteiger partial charge in [-0.25, -0.2) is 4.79 Å². The van der Waals surface area contributed by atoms with Gasteiger partial charge < -0.3 is 19.9 Å². The highest BCUT2D eigenvalue weighted by molar-refractivity contribution is 9.10. The van der Waals surface area contributed by atoms with Crippen LogP contribution in [0.25, 0.3) is 0 Å². The zero-order valence-corrected chi connectivity index (χ0v) is 19.5. The van der Waals surface area contributed by atoms with Gasteiger partial charge in [0.1, 0.15) is 6.61 Å². The highest BCUT2D eigenvalue weighted by atomic mass is 79.9. The fraction of sp³-hybridized carbons (Fsp3) is 0.240. The van der Waals surface area contributed by atoms with Crippen LogP contribution in [0.1, 0.15) is 39.5 Å². The number of anilines is 1. The van der Waals surface area contributed by atoms with Crippen molar-refractivity contribution in [3.63, 3.8) is 0 Å². The normalized spacial score (nSPS) is 10.6. The minimum Gasteiger partial charge on any atom is -0.490 e. The first kappa shape index (κ1) is 22.7. The standard InChI is InChI=1S/C25H26BrNO4/c1-4-30-23-13-19(14-27-22-10-6-9-20(17(22)3)25(28)29)12-21(26)24(23)31-15-18-8-5-7-16(2)11-18/h5-13,27H,4,14-15H2,1-3H3,(H,28,29). The van der Waals surface area contributed by atoms with Crippen molar-refractivity contribution in [3.8, 4) is 11.5 Å². The lowest BCUT2D eigenvalue weighted by molar-refractivity contribution is 0.0696. The first-order chi connectivity index (χ1) is 14.9. The predicted molar refractivity (Wildman–Crippen MR) is 126 cm³/mol.